The Morgan fingerprint density at radius 1 is 0.808 bits per heavy atom. The first-order chi connectivity index (χ1) is 11.3. The van der Waals surface area contributed by atoms with Gasteiger partial charge in [-0.1, -0.05) is 7.43 Å². The molecule has 1 rings (SSSR count). The van der Waals surface area contributed by atoms with E-state index in [1.807, 2.05) is 19.0 Å². The number of carbonyl (C=O) groups is 2. The predicted octanol–water partition coefficient (Wildman–Crippen LogP) is 0.226. The number of imidazole rings is 1. The van der Waals surface area contributed by atoms with Gasteiger partial charge >= 0.3 is 11.7 Å². The minimum absolute atomic E-state index is 0. The van der Waals surface area contributed by atoms with Gasteiger partial charge in [0.15, 0.2) is 0 Å². The molecule has 0 N–H and O–H groups in total. The molecule has 0 atom stereocenters. The number of urea groups is 1. The van der Waals surface area contributed by atoms with E-state index in [0.717, 1.165) is 0 Å². The number of amides is 3. The number of aromatic nitrogens is 2. The third-order valence-corrected chi connectivity index (χ3v) is 2.83. The summed E-state index contributed by atoms with van der Waals surface area (Å²) in [6.45, 7) is 0.493. The van der Waals surface area contributed by atoms with Crippen LogP contribution < -0.4 is 5.69 Å². The van der Waals surface area contributed by atoms with E-state index in [4.69, 9.17) is 0 Å². The second kappa shape index (κ2) is 13.9. The molecular formula is C17H38N6O3. The van der Waals surface area contributed by atoms with E-state index in [9.17, 15) is 14.4 Å². The molecule has 26 heavy (non-hydrogen) atoms. The second-order valence-corrected chi connectivity index (χ2v) is 6.40. The van der Waals surface area contributed by atoms with E-state index < -0.39 is 0 Å². The largest absolute Gasteiger partial charge is 0.348 e. The van der Waals surface area contributed by atoms with Crippen molar-refractivity contribution in [2.75, 3.05) is 62.9 Å². The molecule has 0 spiro atoms. The number of carbonyl (C=O) groups excluding carboxylic acids is 2. The molecule has 0 saturated heterocycles. The van der Waals surface area contributed by atoms with Gasteiger partial charge in [0.1, 0.15) is 0 Å². The maximum atomic E-state index is 10.8. The fourth-order valence-electron chi connectivity index (χ4n) is 1.39. The summed E-state index contributed by atoms with van der Waals surface area (Å²) in [5, 5.41) is 0. The van der Waals surface area contributed by atoms with Gasteiger partial charge in [-0.05, 0) is 14.1 Å². The van der Waals surface area contributed by atoms with E-state index >= 15 is 0 Å². The van der Waals surface area contributed by atoms with Crippen LogP contribution in [0.3, 0.4) is 0 Å². The molecule has 154 valence electrons. The zero-order valence-electron chi connectivity index (χ0n) is 17.3. The molecule has 9 nitrogen and oxygen atoms in total. The average molecular weight is 375 g/mol. The fourth-order valence-corrected chi connectivity index (χ4v) is 1.39. The van der Waals surface area contributed by atoms with Crippen LogP contribution in [0.1, 0.15) is 7.43 Å². The first kappa shape index (κ1) is 28.5. The summed E-state index contributed by atoms with van der Waals surface area (Å²) in [6.07, 6.45) is 3.45. The van der Waals surface area contributed by atoms with E-state index in [2.05, 4.69) is 0 Å². The quantitative estimate of drug-likeness (QED) is 0.743. The molecule has 0 unspecified atom stereocenters. The Morgan fingerprint density at radius 2 is 1.15 bits per heavy atom. The van der Waals surface area contributed by atoms with Crippen LogP contribution in [0, 0.1) is 0 Å². The molecule has 0 bridgehead atoms. The number of rotatable bonds is 2. The maximum Gasteiger partial charge on any atom is 0.327 e. The van der Waals surface area contributed by atoms with Gasteiger partial charge in [0.05, 0.1) is 6.54 Å². The van der Waals surface area contributed by atoms with E-state index in [0.29, 0.717) is 6.54 Å². The lowest BCUT2D eigenvalue weighted by Gasteiger charge is -2.16. The van der Waals surface area contributed by atoms with Crippen molar-refractivity contribution in [3.8, 4) is 0 Å². The molecule has 0 aliphatic carbocycles. The standard InChI is InChI=1S/C6H14N2O.C5H8N2O.C5H12N2O.CH4/c1-7(2)5-6(9)8(3)4;1-6-3-4-7(2)5(6)8;1-6(2)5(8)7(3)4;/h5H2,1-4H3;3-4H,1-2H3;1-4H3;1H4. The number of nitrogens with zero attached hydrogens (tertiary/aromatic N) is 6. The summed E-state index contributed by atoms with van der Waals surface area (Å²) in [5.41, 5.74) is 0.0185. The lowest BCUT2D eigenvalue weighted by Crippen LogP contribution is -2.33. The lowest BCUT2D eigenvalue weighted by atomic mass is 10.5. The normalized spacial score (nSPS) is 9.04. The smallest absolute Gasteiger partial charge is 0.327 e. The monoisotopic (exact) mass is 374 g/mol. The van der Waals surface area contributed by atoms with Gasteiger partial charge in [-0.2, -0.15) is 0 Å². The van der Waals surface area contributed by atoms with Crippen LogP contribution in [0.5, 0.6) is 0 Å². The molecule has 0 fully saturated rings. The maximum absolute atomic E-state index is 10.8. The van der Waals surface area contributed by atoms with E-state index in [1.165, 1.54) is 18.9 Å². The third kappa shape index (κ3) is 13.1. The Labute approximate surface area is 158 Å². The van der Waals surface area contributed by atoms with Crippen LogP contribution in [0.25, 0.3) is 0 Å². The summed E-state index contributed by atoms with van der Waals surface area (Å²) in [6, 6.07) is 0.0185. The Morgan fingerprint density at radius 3 is 1.23 bits per heavy atom. The summed E-state index contributed by atoms with van der Waals surface area (Å²) >= 11 is 0. The number of hydrogen-bond donors (Lipinski definition) is 0. The molecule has 0 aliphatic heterocycles. The summed E-state index contributed by atoms with van der Waals surface area (Å²) in [4.78, 5) is 38.7. The van der Waals surface area contributed by atoms with Crippen molar-refractivity contribution in [1.82, 2.24) is 28.7 Å². The molecule has 1 aromatic heterocycles. The van der Waals surface area contributed by atoms with Crippen molar-refractivity contribution < 1.29 is 9.59 Å². The van der Waals surface area contributed by atoms with Crippen LogP contribution in [-0.2, 0) is 18.9 Å². The molecule has 0 aliphatic rings. The molecule has 1 heterocycles. The van der Waals surface area contributed by atoms with E-state index in [-0.39, 0.29) is 25.1 Å². The van der Waals surface area contributed by atoms with Crippen molar-refractivity contribution in [3.63, 3.8) is 0 Å². The second-order valence-electron chi connectivity index (χ2n) is 6.40. The van der Waals surface area contributed by atoms with Crippen molar-refractivity contribution >= 4 is 11.9 Å². The van der Waals surface area contributed by atoms with Gasteiger partial charge < -0.3 is 28.7 Å². The molecule has 0 radical (unpaired) electrons. The Bertz CT molecular complexity index is 541. The first-order valence-electron chi connectivity index (χ1n) is 7.72. The Balaban J connectivity index is -0.000000300. The van der Waals surface area contributed by atoms with Crippen LogP contribution >= 0.6 is 0 Å². The summed E-state index contributed by atoms with van der Waals surface area (Å²) in [7, 11) is 17.6. The zero-order valence-corrected chi connectivity index (χ0v) is 17.3. The average Bonchev–Trinajstić information content (AvgIpc) is 2.78. The molecule has 0 aromatic carbocycles. The highest BCUT2D eigenvalue weighted by molar-refractivity contribution is 5.77. The number of likely N-dealkylation sites (N-methyl/N-ethyl adjacent to an activating group) is 2. The van der Waals surface area contributed by atoms with Crippen LogP contribution in [0.4, 0.5) is 4.79 Å². The topological polar surface area (TPSA) is 74.0 Å². The molecule has 3 amide bonds. The highest BCUT2D eigenvalue weighted by atomic mass is 16.2. The summed E-state index contributed by atoms with van der Waals surface area (Å²) in [5.74, 6) is 0.139. The van der Waals surface area contributed by atoms with Crippen LogP contribution in [0.2, 0.25) is 0 Å². The van der Waals surface area contributed by atoms with Gasteiger partial charge in [0, 0.05) is 68.8 Å². The molecule has 1 aromatic rings. The third-order valence-electron chi connectivity index (χ3n) is 2.83. The fraction of sp³-hybridized carbons (Fsp3) is 0.706. The molecular weight excluding hydrogens is 336 g/mol. The minimum atomic E-state index is 0. The van der Waals surface area contributed by atoms with Crippen molar-refractivity contribution in [1.29, 1.82) is 0 Å². The minimum Gasteiger partial charge on any atom is -0.348 e. The highest BCUT2D eigenvalue weighted by Crippen LogP contribution is 1.83. The Kier molecular flexibility index (Phi) is 15.3. The summed E-state index contributed by atoms with van der Waals surface area (Å²) < 4.78 is 3.06. The van der Waals surface area contributed by atoms with Crippen molar-refractivity contribution in [3.05, 3.63) is 22.9 Å². The van der Waals surface area contributed by atoms with Crippen LogP contribution in [-0.4, -0.2) is 104 Å². The first-order valence-corrected chi connectivity index (χ1v) is 7.72. The zero-order chi connectivity index (χ0) is 20.3. The van der Waals surface area contributed by atoms with Crippen molar-refractivity contribution in [2.24, 2.45) is 14.1 Å². The van der Waals surface area contributed by atoms with E-state index in [1.54, 1.807) is 73.7 Å². The lowest BCUT2D eigenvalue weighted by molar-refractivity contribution is -0.129. The van der Waals surface area contributed by atoms with Gasteiger partial charge in [-0.25, -0.2) is 9.59 Å². The Hall–Kier alpha value is -2.29. The van der Waals surface area contributed by atoms with Gasteiger partial charge in [0.2, 0.25) is 5.91 Å². The van der Waals surface area contributed by atoms with Gasteiger partial charge in [0.25, 0.3) is 0 Å². The van der Waals surface area contributed by atoms with Gasteiger partial charge in [-0.15, -0.1) is 0 Å². The van der Waals surface area contributed by atoms with Crippen molar-refractivity contribution in [2.45, 2.75) is 7.43 Å². The molecule has 9 heteroatoms. The molecule has 0 saturated carbocycles. The van der Waals surface area contributed by atoms with Crippen LogP contribution in [0.15, 0.2) is 17.2 Å². The highest BCUT2D eigenvalue weighted by Gasteiger charge is 2.03. The number of aryl methyl sites for hydroxylation is 2. The van der Waals surface area contributed by atoms with Gasteiger partial charge in [-0.3, -0.25) is 4.79 Å². The predicted molar refractivity (Wildman–Crippen MR) is 107 cm³/mol. The number of hydrogen-bond acceptors (Lipinski definition) is 4. The SMILES string of the molecule is C.CN(C)C(=O)N(C)C.CN(C)CC(=O)N(C)C.Cn1ccn(C)c1=O.